The third-order valence-corrected chi connectivity index (χ3v) is 4.63. The van der Waals surface area contributed by atoms with Crippen LogP contribution in [0, 0.1) is 11.8 Å². The lowest BCUT2D eigenvalue weighted by Crippen LogP contribution is -2.37. The fourth-order valence-electron chi connectivity index (χ4n) is 3.25. The summed E-state index contributed by atoms with van der Waals surface area (Å²) in [5.74, 6) is 1.32. The fraction of sp³-hybridized carbons (Fsp3) is 0.933. The Labute approximate surface area is 116 Å². The van der Waals surface area contributed by atoms with Gasteiger partial charge in [-0.25, -0.2) is 0 Å². The summed E-state index contributed by atoms with van der Waals surface area (Å²) in [4.78, 5) is 11.9. The predicted octanol–water partition coefficient (Wildman–Crippen LogP) is 1.83. The molecule has 2 fully saturated rings. The van der Waals surface area contributed by atoms with Crippen molar-refractivity contribution in [2.45, 2.75) is 57.4 Å². The van der Waals surface area contributed by atoms with E-state index in [1.807, 2.05) is 0 Å². The molecule has 1 saturated carbocycles. The van der Waals surface area contributed by atoms with Crippen LogP contribution in [0.1, 0.15) is 51.4 Å². The summed E-state index contributed by atoms with van der Waals surface area (Å²) in [6.07, 6.45) is 8.65. The Balaban J connectivity index is 1.58. The van der Waals surface area contributed by atoms with Crippen molar-refractivity contribution in [3.63, 3.8) is 0 Å². The topological polar surface area (TPSA) is 64.4 Å². The van der Waals surface area contributed by atoms with Crippen molar-refractivity contribution in [1.82, 2.24) is 5.32 Å². The van der Waals surface area contributed by atoms with Gasteiger partial charge in [-0.15, -0.1) is 0 Å². The zero-order valence-corrected chi connectivity index (χ0v) is 11.9. The minimum atomic E-state index is 0.189. The average molecular weight is 268 g/mol. The first kappa shape index (κ1) is 14.8. The Morgan fingerprint density at radius 1 is 1.16 bits per heavy atom. The highest BCUT2D eigenvalue weighted by atomic mass is 16.5. The monoisotopic (exact) mass is 268 g/mol. The minimum absolute atomic E-state index is 0.189. The standard InChI is InChI=1S/C15H28N2O2/c16-14-4-2-1-3-13(14)11-15(18)17-8-5-12-6-9-19-10-7-12/h12-14H,1-11,16H2,(H,17,18). The van der Waals surface area contributed by atoms with Crippen LogP contribution in [-0.4, -0.2) is 31.7 Å². The van der Waals surface area contributed by atoms with Crippen LogP contribution in [0.3, 0.4) is 0 Å². The van der Waals surface area contributed by atoms with Crippen molar-refractivity contribution in [3.8, 4) is 0 Å². The SMILES string of the molecule is NC1CCCCC1CC(=O)NCCC1CCOCC1. The highest BCUT2D eigenvalue weighted by Crippen LogP contribution is 2.25. The van der Waals surface area contributed by atoms with Gasteiger partial charge in [0.25, 0.3) is 0 Å². The van der Waals surface area contributed by atoms with Gasteiger partial charge in [0.05, 0.1) is 0 Å². The quantitative estimate of drug-likeness (QED) is 0.799. The second-order valence-corrected chi connectivity index (χ2v) is 6.11. The molecule has 0 aromatic rings. The van der Waals surface area contributed by atoms with Gasteiger partial charge < -0.3 is 15.8 Å². The van der Waals surface area contributed by atoms with Crippen molar-refractivity contribution in [3.05, 3.63) is 0 Å². The molecule has 2 rings (SSSR count). The van der Waals surface area contributed by atoms with Gasteiger partial charge in [-0.05, 0) is 43.9 Å². The summed E-state index contributed by atoms with van der Waals surface area (Å²) in [6.45, 7) is 2.58. The van der Waals surface area contributed by atoms with Crippen LogP contribution in [-0.2, 0) is 9.53 Å². The van der Waals surface area contributed by atoms with Gasteiger partial charge in [0, 0.05) is 32.2 Å². The van der Waals surface area contributed by atoms with Gasteiger partial charge >= 0.3 is 0 Å². The number of rotatable bonds is 5. The molecule has 0 bridgehead atoms. The molecule has 4 nitrogen and oxygen atoms in total. The Morgan fingerprint density at radius 3 is 2.63 bits per heavy atom. The van der Waals surface area contributed by atoms with E-state index in [1.54, 1.807) is 0 Å². The van der Waals surface area contributed by atoms with Crippen molar-refractivity contribution in [2.24, 2.45) is 17.6 Å². The summed E-state index contributed by atoms with van der Waals surface area (Å²) in [6, 6.07) is 0.231. The van der Waals surface area contributed by atoms with Crippen LogP contribution in [0.25, 0.3) is 0 Å². The zero-order chi connectivity index (χ0) is 13.5. The van der Waals surface area contributed by atoms with E-state index in [4.69, 9.17) is 10.5 Å². The number of nitrogens with two attached hydrogens (primary N) is 1. The average Bonchev–Trinajstić information content (AvgIpc) is 2.43. The van der Waals surface area contributed by atoms with E-state index >= 15 is 0 Å². The Kier molecular flexibility index (Phi) is 6.11. The number of carbonyl (C=O) groups excluding carboxylic acids is 1. The molecule has 19 heavy (non-hydrogen) atoms. The number of carbonyl (C=O) groups is 1. The summed E-state index contributed by atoms with van der Waals surface area (Å²) in [5.41, 5.74) is 6.08. The Bertz CT molecular complexity index is 277. The molecular weight excluding hydrogens is 240 g/mol. The van der Waals surface area contributed by atoms with Crippen LogP contribution in [0.2, 0.25) is 0 Å². The molecule has 1 heterocycles. The molecule has 1 aliphatic carbocycles. The lowest BCUT2D eigenvalue weighted by molar-refractivity contribution is -0.122. The molecule has 0 aromatic heterocycles. The van der Waals surface area contributed by atoms with E-state index in [-0.39, 0.29) is 11.9 Å². The smallest absolute Gasteiger partial charge is 0.220 e. The highest BCUT2D eigenvalue weighted by molar-refractivity contribution is 5.76. The molecular formula is C15H28N2O2. The lowest BCUT2D eigenvalue weighted by Gasteiger charge is -2.28. The molecule has 2 aliphatic rings. The summed E-state index contributed by atoms with van der Waals surface area (Å²) in [5, 5.41) is 3.06. The van der Waals surface area contributed by atoms with E-state index in [0.717, 1.165) is 57.8 Å². The van der Waals surface area contributed by atoms with Crippen LogP contribution in [0.4, 0.5) is 0 Å². The first-order valence-corrected chi connectivity index (χ1v) is 7.85. The second kappa shape index (κ2) is 7.85. The molecule has 1 amide bonds. The first-order chi connectivity index (χ1) is 9.25. The molecule has 4 heteroatoms. The maximum atomic E-state index is 11.9. The molecule has 2 atom stereocenters. The Hall–Kier alpha value is -0.610. The van der Waals surface area contributed by atoms with Crippen LogP contribution < -0.4 is 11.1 Å². The summed E-state index contributed by atoms with van der Waals surface area (Å²) >= 11 is 0. The number of amides is 1. The van der Waals surface area contributed by atoms with Crippen molar-refractivity contribution in [1.29, 1.82) is 0 Å². The van der Waals surface area contributed by atoms with Crippen molar-refractivity contribution >= 4 is 5.91 Å². The van der Waals surface area contributed by atoms with Gasteiger partial charge in [-0.1, -0.05) is 12.8 Å². The highest BCUT2D eigenvalue weighted by Gasteiger charge is 2.24. The predicted molar refractivity (Wildman–Crippen MR) is 75.7 cm³/mol. The zero-order valence-electron chi connectivity index (χ0n) is 11.9. The lowest BCUT2D eigenvalue weighted by atomic mass is 9.83. The number of hydrogen-bond acceptors (Lipinski definition) is 3. The van der Waals surface area contributed by atoms with Gasteiger partial charge in [-0.2, -0.15) is 0 Å². The van der Waals surface area contributed by atoms with E-state index < -0.39 is 0 Å². The van der Waals surface area contributed by atoms with Crippen molar-refractivity contribution in [2.75, 3.05) is 19.8 Å². The van der Waals surface area contributed by atoms with E-state index in [1.165, 1.54) is 12.8 Å². The maximum Gasteiger partial charge on any atom is 0.220 e. The maximum absolute atomic E-state index is 11.9. The Morgan fingerprint density at radius 2 is 1.89 bits per heavy atom. The molecule has 1 saturated heterocycles. The van der Waals surface area contributed by atoms with E-state index in [2.05, 4.69) is 5.32 Å². The number of ether oxygens (including phenoxy) is 1. The van der Waals surface area contributed by atoms with E-state index in [0.29, 0.717) is 12.3 Å². The summed E-state index contributed by atoms with van der Waals surface area (Å²) in [7, 11) is 0. The molecule has 3 N–H and O–H groups in total. The van der Waals surface area contributed by atoms with Gasteiger partial charge in [0.15, 0.2) is 0 Å². The van der Waals surface area contributed by atoms with Gasteiger partial charge in [-0.3, -0.25) is 4.79 Å². The minimum Gasteiger partial charge on any atom is -0.381 e. The molecule has 0 spiro atoms. The van der Waals surface area contributed by atoms with Crippen molar-refractivity contribution < 1.29 is 9.53 Å². The fourth-order valence-corrected chi connectivity index (χ4v) is 3.25. The first-order valence-electron chi connectivity index (χ1n) is 7.85. The van der Waals surface area contributed by atoms with Gasteiger partial charge in [0.2, 0.25) is 5.91 Å². The largest absolute Gasteiger partial charge is 0.381 e. The second-order valence-electron chi connectivity index (χ2n) is 6.11. The molecule has 2 unspecified atom stereocenters. The number of nitrogens with one attached hydrogen (secondary N) is 1. The van der Waals surface area contributed by atoms with Crippen LogP contribution in [0.5, 0.6) is 0 Å². The number of hydrogen-bond donors (Lipinski definition) is 2. The van der Waals surface area contributed by atoms with E-state index in [9.17, 15) is 4.79 Å². The van der Waals surface area contributed by atoms with Crippen LogP contribution >= 0.6 is 0 Å². The molecule has 0 radical (unpaired) electrons. The molecule has 0 aromatic carbocycles. The van der Waals surface area contributed by atoms with Gasteiger partial charge in [0.1, 0.15) is 0 Å². The third-order valence-electron chi connectivity index (χ3n) is 4.63. The molecule has 1 aliphatic heterocycles. The third kappa shape index (κ3) is 5.11. The summed E-state index contributed by atoms with van der Waals surface area (Å²) < 4.78 is 5.34. The molecule has 110 valence electrons. The normalized spacial score (nSPS) is 29.1. The van der Waals surface area contributed by atoms with Crippen LogP contribution in [0.15, 0.2) is 0 Å².